The zero-order valence-corrected chi connectivity index (χ0v) is 16.2. The Morgan fingerprint density at radius 2 is 2.04 bits per heavy atom. The largest absolute Gasteiger partial charge is 0.493 e. The lowest BCUT2D eigenvalue weighted by Gasteiger charge is -2.44. The number of hydrogen-bond donors (Lipinski definition) is 1. The van der Waals surface area contributed by atoms with E-state index in [-0.39, 0.29) is 5.41 Å². The van der Waals surface area contributed by atoms with Gasteiger partial charge in [-0.15, -0.1) is 0 Å². The molecule has 0 saturated carbocycles. The molecular formula is C21H22ClN3O2. The maximum Gasteiger partial charge on any atom is 0.138 e. The van der Waals surface area contributed by atoms with Crippen LogP contribution in [0.5, 0.6) is 5.75 Å². The first kappa shape index (κ1) is 18.0. The van der Waals surface area contributed by atoms with Gasteiger partial charge in [0.1, 0.15) is 16.7 Å². The minimum atomic E-state index is 0.126. The van der Waals surface area contributed by atoms with Gasteiger partial charge in [0, 0.05) is 11.6 Å². The Morgan fingerprint density at radius 3 is 2.70 bits per heavy atom. The van der Waals surface area contributed by atoms with Gasteiger partial charge in [0.05, 0.1) is 37.1 Å². The molecule has 0 atom stereocenters. The Labute approximate surface area is 163 Å². The van der Waals surface area contributed by atoms with E-state index in [0.29, 0.717) is 17.7 Å². The van der Waals surface area contributed by atoms with E-state index < -0.39 is 0 Å². The zero-order valence-electron chi connectivity index (χ0n) is 15.4. The van der Waals surface area contributed by atoms with Gasteiger partial charge < -0.3 is 14.8 Å². The summed E-state index contributed by atoms with van der Waals surface area (Å²) in [5.41, 5.74) is 0.963. The quantitative estimate of drug-likeness (QED) is 0.601. The SMILES string of the molecule is CC(C)C1(COc2ccc3c(Nc4ccc(Cl)nc4)nccc3c2)COC1. The molecule has 0 radical (unpaired) electrons. The van der Waals surface area contributed by atoms with Crippen LogP contribution in [0, 0.1) is 11.3 Å². The van der Waals surface area contributed by atoms with E-state index in [1.165, 1.54) is 0 Å². The van der Waals surface area contributed by atoms with Gasteiger partial charge in [-0.05, 0) is 47.7 Å². The summed E-state index contributed by atoms with van der Waals surface area (Å²) in [6.07, 6.45) is 3.47. The fourth-order valence-corrected chi connectivity index (χ4v) is 3.22. The number of aromatic nitrogens is 2. The van der Waals surface area contributed by atoms with E-state index in [1.54, 1.807) is 18.5 Å². The number of halogens is 1. The molecule has 1 aliphatic rings. The van der Waals surface area contributed by atoms with Crippen molar-refractivity contribution in [3.8, 4) is 5.75 Å². The highest BCUT2D eigenvalue weighted by atomic mass is 35.5. The fraction of sp³-hybridized carbons (Fsp3) is 0.333. The summed E-state index contributed by atoms with van der Waals surface area (Å²) in [6.45, 7) is 6.66. The number of nitrogens with zero attached hydrogens (tertiary/aromatic N) is 2. The number of rotatable bonds is 6. The average molecular weight is 384 g/mol. The van der Waals surface area contributed by atoms with Crippen LogP contribution in [-0.2, 0) is 4.74 Å². The van der Waals surface area contributed by atoms with Crippen molar-refractivity contribution < 1.29 is 9.47 Å². The molecule has 0 spiro atoms. The predicted octanol–water partition coefficient (Wildman–Crippen LogP) is 5.08. The van der Waals surface area contributed by atoms with E-state index in [0.717, 1.165) is 41.2 Å². The van der Waals surface area contributed by atoms with Gasteiger partial charge in [0.2, 0.25) is 0 Å². The number of anilines is 2. The Morgan fingerprint density at radius 1 is 1.19 bits per heavy atom. The summed E-state index contributed by atoms with van der Waals surface area (Å²) in [7, 11) is 0. The van der Waals surface area contributed by atoms with Gasteiger partial charge in [-0.3, -0.25) is 0 Å². The summed E-state index contributed by atoms with van der Waals surface area (Å²) in [6, 6.07) is 11.7. The second-order valence-corrected chi connectivity index (χ2v) is 7.72. The maximum absolute atomic E-state index is 6.11. The van der Waals surface area contributed by atoms with Crippen molar-refractivity contribution in [2.75, 3.05) is 25.1 Å². The molecule has 1 fully saturated rings. The van der Waals surface area contributed by atoms with Gasteiger partial charge in [-0.25, -0.2) is 9.97 Å². The number of nitrogens with one attached hydrogen (secondary N) is 1. The van der Waals surface area contributed by atoms with Gasteiger partial charge in [-0.2, -0.15) is 0 Å². The van der Waals surface area contributed by atoms with Crippen molar-refractivity contribution in [1.82, 2.24) is 9.97 Å². The number of pyridine rings is 2. The van der Waals surface area contributed by atoms with Crippen LogP contribution in [-0.4, -0.2) is 29.8 Å². The first-order valence-corrected chi connectivity index (χ1v) is 9.41. The van der Waals surface area contributed by atoms with Gasteiger partial charge in [0.25, 0.3) is 0 Å². The summed E-state index contributed by atoms with van der Waals surface area (Å²) in [5, 5.41) is 5.84. The molecule has 0 bridgehead atoms. The van der Waals surface area contributed by atoms with Crippen molar-refractivity contribution in [3.63, 3.8) is 0 Å². The second kappa shape index (κ2) is 7.33. The summed E-state index contributed by atoms with van der Waals surface area (Å²) in [5.74, 6) is 2.16. The minimum absolute atomic E-state index is 0.126. The van der Waals surface area contributed by atoms with Gasteiger partial charge >= 0.3 is 0 Å². The topological polar surface area (TPSA) is 56.3 Å². The Bertz CT molecular complexity index is 940. The third-order valence-corrected chi connectivity index (χ3v) is 5.48. The van der Waals surface area contributed by atoms with Crippen LogP contribution in [0.3, 0.4) is 0 Å². The molecule has 27 heavy (non-hydrogen) atoms. The molecule has 1 N–H and O–H groups in total. The van der Waals surface area contributed by atoms with Crippen molar-refractivity contribution in [1.29, 1.82) is 0 Å². The van der Waals surface area contributed by atoms with Crippen LogP contribution in [0.25, 0.3) is 10.8 Å². The molecule has 3 aromatic rings. The summed E-state index contributed by atoms with van der Waals surface area (Å²) >= 11 is 5.85. The predicted molar refractivity (Wildman–Crippen MR) is 108 cm³/mol. The van der Waals surface area contributed by atoms with Crippen LogP contribution in [0.2, 0.25) is 5.15 Å². The first-order chi connectivity index (χ1) is 13.1. The molecule has 1 aromatic carbocycles. The van der Waals surface area contributed by atoms with Crippen molar-refractivity contribution >= 4 is 33.9 Å². The Hall–Kier alpha value is -2.37. The molecule has 0 amide bonds. The van der Waals surface area contributed by atoms with Crippen LogP contribution in [0.15, 0.2) is 48.8 Å². The van der Waals surface area contributed by atoms with Crippen molar-refractivity contribution in [2.24, 2.45) is 11.3 Å². The Balaban J connectivity index is 1.54. The zero-order chi connectivity index (χ0) is 18.9. The first-order valence-electron chi connectivity index (χ1n) is 9.04. The molecule has 140 valence electrons. The second-order valence-electron chi connectivity index (χ2n) is 7.34. The van der Waals surface area contributed by atoms with Crippen molar-refractivity contribution in [2.45, 2.75) is 13.8 Å². The lowest BCUT2D eigenvalue weighted by molar-refractivity contribution is -0.156. The van der Waals surface area contributed by atoms with E-state index >= 15 is 0 Å². The van der Waals surface area contributed by atoms with E-state index in [9.17, 15) is 0 Å². The fourth-order valence-electron chi connectivity index (χ4n) is 3.11. The smallest absolute Gasteiger partial charge is 0.138 e. The number of fused-ring (bicyclic) bond motifs is 1. The monoisotopic (exact) mass is 383 g/mol. The molecule has 0 unspecified atom stereocenters. The van der Waals surface area contributed by atoms with Crippen LogP contribution in [0.1, 0.15) is 13.8 Å². The van der Waals surface area contributed by atoms with Crippen LogP contribution < -0.4 is 10.1 Å². The minimum Gasteiger partial charge on any atom is -0.493 e. The van der Waals surface area contributed by atoms with Gasteiger partial charge in [-0.1, -0.05) is 25.4 Å². The van der Waals surface area contributed by atoms with E-state index in [2.05, 4.69) is 35.2 Å². The molecule has 1 saturated heterocycles. The molecule has 4 rings (SSSR count). The number of ether oxygens (including phenoxy) is 2. The average Bonchev–Trinajstić information content (AvgIpc) is 2.62. The highest BCUT2D eigenvalue weighted by Crippen LogP contribution is 2.37. The van der Waals surface area contributed by atoms with E-state index in [1.807, 2.05) is 24.3 Å². The van der Waals surface area contributed by atoms with E-state index in [4.69, 9.17) is 21.1 Å². The summed E-state index contributed by atoms with van der Waals surface area (Å²) < 4.78 is 11.5. The molecule has 2 aromatic heterocycles. The van der Waals surface area contributed by atoms with Crippen LogP contribution in [0.4, 0.5) is 11.5 Å². The van der Waals surface area contributed by atoms with Gasteiger partial charge in [0.15, 0.2) is 0 Å². The lowest BCUT2D eigenvalue weighted by Crippen LogP contribution is -2.50. The highest BCUT2D eigenvalue weighted by molar-refractivity contribution is 6.29. The third kappa shape index (κ3) is 3.70. The lowest BCUT2D eigenvalue weighted by atomic mass is 9.76. The number of benzene rings is 1. The molecular weight excluding hydrogens is 362 g/mol. The summed E-state index contributed by atoms with van der Waals surface area (Å²) in [4.78, 5) is 8.55. The highest BCUT2D eigenvalue weighted by Gasteiger charge is 2.42. The molecule has 5 nitrogen and oxygen atoms in total. The molecule has 0 aliphatic carbocycles. The molecule has 3 heterocycles. The third-order valence-electron chi connectivity index (χ3n) is 5.26. The van der Waals surface area contributed by atoms with Crippen molar-refractivity contribution in [3.05, 3.63) is 53.9 Å². The maximum atomic E-state index is 6.11. The molecule has 6 heteroatoms. The standard InChI is InChI=1S/C21H22ClN3O2/c1-14(2)21(11-26-12-21)13-27-17-4-5-18-15(9-17)7-8-23-20(18)25-16-3-6-19(22)24-10-16/h3-10,14H,11-13H2,1-2H3,(H,23,25). The Kier molecular flexibility index (Phi) is 4.89. The van der Waals surface area contributed by atoms with Crippen LogP contribution >= 0.6 is 11.6 Å². The number of hydrogen-bond acceptors (Lipinski definition) is 5. The molecule has 1 aliphatic heterocycles. The normalized spacial score (nSPS) is 15.6.